The summed E-state index contributed by atoms with van der Waals surface area (Å²) in [6.45, 7) is 1.31. The van der Waals surface area contributed by atoms with Gasteiger partial charge in [-0.2, -0.15) is 0 Å². The van der Waals surface area contributed by atoms with E-state index < -0.39 is 24.1 Å². The zero-order chi connectivity index (χ0) is 12.6. The second-order valence-corrected chi connectivity index (χ2v) is 4.69. The number of alkyl halides is 1. The van der Waals surface area contributed by atoms with Crippen molar-refractivity contribution in [2.45, 2.75) is 19.0 Å². The molecule has 0 aromatic carbocycles. The van der Waals surface area contributed by atoms with Crippen molar-refractivity contribution in [1.82, 2.24) is 14.5 Å². The second-order valence-electron chi connectivity index (χ2n) is 3.93. The van der Waals surface area contributed by atoms with Gasteiger partial charge in [-0.1, -0.05) is 4.49 Å². The average molecular weight is 259 g/mol. The summed E-state index contributed by atoms with van der Waals surface area (Å²) in [5.74, 6) is -1.93. The van der Waals surface area contributed by atoms with E-state index in [2.05, 4.69) is 9.59 Å². The molecule has 1 N–H and O–H groups in total. The highest BCUT2D eigenvalue weighted by molar-refractivity contribution is 7.07. The molecule has 1 aromatic heterocycles. The van der Waals surface area contributed by atoms with Crippen LogP contribution in [0.15, 0.2) is 0 Å². The first-order valence-corrected chi connectivity index (χ1v) is 5.72. The molecule has 2 heterocycles. The molecule has 1 aliphatic rings. The number of halogens is 1. The van der Waals surface area contributed by atoms with Gasteiger partial charge in [-0.25, -0.2) is 9.18 Å². The highest BCUT2D eigenvalue weighted by Gasteiger charge is 2.47. The monoisotopic (exact) mass is 259 g/mol. The highest BCUT2D eigenvalue weighted by Crippen LogP contribution is 2.27. The third-order valence-electron chi connectivity index (χ3n) is 2.74. The molecule has 92 valence electrons. The molecule has 1 atom stereocenters. The highest BCUT2D eigenvalue weighted by atomic mass is 32.1. The molecule has 1 saturated heterocycles. The lowest BCUT2D eigenvalue weighted by Gasteiger charge is -2.16. The van der Waals surface area contributed by atoms with Gasteiger partial charge in [0.25, 0.3) is 5.91 Å². The molecule has 0 spiro atoms. The van der Waals surface area contributed by atoms with E-state index in [1.807, 2.05) is 0 Å². The fraction of sp³-hybridized carbons (Fsp3) is 0.556. The molecule has 1 aliphatic heterocycles. The lowest BCUT2D eigenvalue weighted by atomic mass is 10.1. The predicted octanol–water partition coefficient (Wildman–Crippen LogP) is 0.485. The fourth-order valence-corrected chi connectivity index (χ4v) is 2.32. The van der Waals surface area contributed by atoms with Crippen LogP contribution in [0.4, 0.5) is 4.39 Å². The number of hydrogen-bond acceptors (Lipinski definition) is 5. The Labute approximate surface area is 100 Å². The van der Waals surface area contributed by atoms with Crippen LogP contribution in [0.5, 0.6) is 0 Å². The number of carbonyl (C=O) groups is 2. The van der Waals surface area contributed by atoms with Crippen LogP contribution in [0, 0.1) is 6.92 Å². The molecule has 17 heavy (non-hydrogen) atoms. The summed E-state index contributed by atoms with van der Waals surface area (Å²) in [4.78, 5) is 24.2. The van der Waals surface area contributed by atoms with Gasteiger partial charge in [-0.05, 0) is 18.5 Å². The molecule has 1 amide bonds. The van der Waals surface area contributed by atoms with E-state index >= 15 is 0 Å². The van der Waals surface area contributed by atoms with E-state index in [0.717, 1.165) is 11.5 Å². The summed E-state index contributed by atoms with van der Waals surface area (Å²) in [5, 5.41) is 12.4. The number of aliphatic carboxylic acids is 1. The number of carboxylic acids is 1. The Bertz CT molecular complexity index is 478. The fourth-order valence-electron chi connectivity index (χ4n) is 1.69. The number of rotatable bonds is 2. The van der Waals surface area contributed by atoms with Crippen molar-refractivity contribution in [2.75, 3.05) is 13.1 Å². The Morgan fingerprint density at radius 3 is 2.76 bits per heavy atom. The van der Waals surface area contributed by atoms with Gasteiger partial charge in [0.05, 0.1) is 12.2 Å². The molecule has 8 heteroatoms. The minimum atomic E-state index is -2.33. The maximum absolute atomic E-state index is 13.8. The van der Waals surface area contributed by atoms with Crippen LogP contribution in [0.25, 0.3) is 0 Å². The van der Waals surface area contributed by atoms with Gasteiger partial charge in [-0.3, -0.25) is 4.79 Å². The largest absolute Gasteiger partial charge is 0.479 e. The van der Waals surface area contributed by atoms with E-state index in [1.165, 1.54) is 4.90 Å². The van der Waals surface area contributed by atoms with Crippen LogP contribution < -0.4 is 0 Å². The molecule has 0 bridgehead atoms. The second kappa shape index (κ2) is 4.02. The number of aromatic nitrogens is 2. The lowest BCUT2D eigenvalue weighted by Crippen LogP contribution is -2.38. The van der Waals surface area contributed by atoms with Crippen molar-refractivity contribution in [3.63, 3.8) is 0 Å². The Balaban J connectivity index is 2.15. The van der Waals surface area contributed by atoms with E-state index in [1.54, 1.807) is 6.92 Å². The summed E-state index contributed by atoms with van der Waals surface area (Å²) >= 11 is 0.931. The number of hydrogen-bond donors (Lipinski definition) is 1. The molecule has 1 fully saturated rings. The molecule has 6 nitrogen and oxygen atoms in total. The van der Waals surface area contributed by atoms with Crippen molar-refractivity contribution in [3.8, 4) is 0 Å². The number of nitrogens with zero attached hydrogens (tertiary/aromatic N) is 3. The maximum Gasteiger partial charge on any atom is 0.343 e. The maximum atomic E-state index is 13.8. The van der Waals surface area contributed by atoms with Crippen LogP contribution in [0.2, 0.25) is 0 Å². The molecular formula is C9H10FN3O3S. The number of likely N-dealkylation sites (tertiary alicyclic amines) is 1. The van der Waals surface area contributed by atoms with Gasteiger partial charge in [0.15, 0.2) is 0 Å². The van der Waals surface area contributed by atoms with Crippen LogP contribution in [0.3, 0.4) is 0 Å². The molecule has 0 radical (unpaired) electrons. The molecular weight excluding hydrogens is 249 g/mol. The van der Waals surface area contributed by atoms with Gasteiger partial charge in [0, 0.05) is 13.0 Å². The average Bonchev–Trinajstić information content (AvgIpc) is 2.85. The summed E-state index contributed by atoms with van der Waals surface area (Å²) in [6, 6.07) is 0. The molecule has 0 aliphatic carbocycles. The standard InChI is InChI=1S/C9H10FN3O3S/c1-5-6(17-12-11-5)7(14)13-3-2-9(10,4-13)8(15)16/h2-4H2,1H3,(H,15,16). The van der Waals surface area contributed by atoms with Crippen LogP contribution in [0.1, 0.15) is 21.8 Å². The van der Waals surface area contributed by atoms with Gasteiger partial charge in [-0.15, -0.1) is 5.10 Å². The molecule has 2 rings (SSSR count). The van der Waals surface area contributed by atoms with Crippen molar-refractivity contribution >= 4 is 23.4 Å². The minimum Gasteiger partial charge on any atom is -0.479 e. The quantitative estimate of drug-likeness (QED) is 0.835. The Morgan fingerprint density at radius 2 is 2.29 bits per heavy atom. The molecule has 0 saturated carbocycles. The summed E-state index contributed by atoms with van der Waals surface area (Å²) in [7, 11) is 0. The first-order chi connectivity index (χ1) is 7.94. The number of carbonyl (C=O) groups excluding carboxylic acids is 1. The normalized spacial score (nSPS) is 24.0. The lowest BCUT2D eigenvalue weighted by molar-refractivity contribution is -0.149. The SMILES string of the molecule is Cc1nnsc1C(=O)N1CCC(F)(C(=O)O)C1. The topological polar surface area (TPSA) is 83.4 Å². The van der Waals surface area contributed by atoms with Crippen molar-refractivity contribution < 1.29 is 19.1 Å². The zero-order valence-electron chi connectivity index (χ0n) is 9.01. The van der Waals surface area contributed by atoms with E-state index in [9.17, 15) is 14.0 Å². The van der Waals surface area contributed by atoms with Crippen molar-refractivity contribution in [3.05, 3.63) is 10.6 Å². The number of amides is 1. The van der Waals surface area contributed by atoms with Gasteiger partial charge < -0.3 is 10.0 Å². The third kappa shape index (κ3) is 1.99. The molecule has 1 aromatic rings. The van der Waals surface area contributed by atoms with Gasteiger partial charge in [0.2, 0.25) is 5.67 Å². The Hall–Kier alpha value is -1.57. The Kier molecular flexibility index (Phi) is 2.82. The van der Waals surface area contributed by atoms with E-state index in [0.29, 0.717) is 10.6 Å². The Morgan fingerprint density at radius 1 is 1.59 bits per heavy atom. The van der Waals surface area contributed by atoms with Gasteiger partial charge in [0.1, 0.15) is 4.88 Å². The zero-order valence-corrected chi connectivity index (χ0v) is 9.83. The predicted molar refractivity (Wildman–Crippen MR) is 56.6 cm³/mol. The van der Waals surface area contributed by atoms with Crippen molar-refractivity contribution in [1.29, 1.82) is 0 Å². The number of carboxylic acid groups (broad SMARTS) is 1. The first kappa shape index (κ1) is 11.9. The van der Waals surface area contributed by atoms with Crippen molar-refractivity contribution in [2.24, 2.45) is 0 Å². The van der Waals surface area contributed by atoms with Crippen LogP contribution >= 0.6 is 11.5 Å². The smallest absolute Gasteiger partial charge is 0.343 e. The van der Waals surface area contributed by atoms with E-state index in [4.69, 9.17) is 5.11 Å². The number of aryl methyl sites for hydroxylation is 1. The summed E-state index contributed by atoms with van der Waals surface area (Å²) in [6.07, 6.45) is -0.181. The van der Waals surface area contributed by atoms with Gasteiger partial charge >= 0.3 is 5.97 Å². The summed E-state index contributed by atoms with van der Waals surface area (Å²) < 4.78 is 17.4. The van der Waals surface area contributed by atoms with Crippen LogP contribution in [-0.4, -0.2) is 50.2 Å². The van der Waals surface area contributed by atoms with Crippen LogP contribution in [-0.2, 0) is 4.79 Å². The first-order valence-electron chi connectivity index (χ1n) is 4.94. The third-order valence-corrected chi connectivity index (χ3v) is 3.55. The van der Waals surface area contributed by atoms with E-state index in [-0.39, 0.29) is 13.0 Å². The molecule has 1 unspecified atom stereocenters. The summed E-state index contributed by atoms with van der Waals surface area (Å²) in [5.41, 5.74) is -1.85. The minimum absolute atomic E-state index is 0.0962.